The molecule has 0 spiro atoms. The van der Waals surface area contributed by atoms with Crippen LogP contribution >= 0.6 is 0 Å². The number of nitrogens with zero attached hydrogens (tertiary/aromatic N) is 1. The Kier molecular flexibility index (Phi) is 5.26. The number of phenols is 1. The molecule has 0 aliphatic rings. The van der Waals surface area contributed by atoms with Crippen molar-refractivity contribution in [1.82, 2.24) is 0 Å². The van der Waals surface area contributed by atoms with Crippen molar-refractivity contribution >= 4 is 17.8 Å². The van der Waals surface area contributed by atoms with Gasteiger partial charge in [-0.05, 0) is 23.8 Å². The van der Waals surface area contributed by atoms with Gasteiger partial charge in [-0.3, -0.25) is 10.1 Å². The standard InChI is InChI=1S/C17H17NO6/c1-22-15-8-11(9-16(23-2)17(15)24-3)4-5-12-10-13(18(20)21)6-7-14(12)19/h4-10,19H,1-3H3/b5-4+. The lowest BCUT2D eigenvalue weighted by Gasteiger charge is -2.12. The normalized spacial score (nSPS) is 10.6. The van der Waals surface area contributed by atoms with Gasteiger partial charge in [0.05, 0.1) is 26.3 Å². The van der Waals surface area contributed by atoms with Crippen LogP contribution in [-0.2, 0) is 0 Å². The number of hydrogen-bond donors (Lipinski definition) is 1. The molecule has 0 saturated carbocycles. The molecule has 0 fully saturated rings. The third-order valence-electron chi connectivity index (χ3n) is 3.36. The Morgan fingerprint density at radius 2 is 1.62 bits per heavy atom. The molecule has 0 aliphatic heterocycles. The van der Waals surface area contributed by atoms with Gasteiger partial charge < -0.3 is 19.3 Å². The van der Waals surface area contributed by atoms with Crippen molar-refractivity contribution in [2.45, 2.75) is 0 Å². The Morgan fingerprint density at radius 1 is 1.00 bits per heavy atom. The van der Waals surface area contributed by atoms with Crippen molar-refractivity contribution < 1.29 is 24.2 Å². The molecule has 0 radical (unpaired) electrons. The third-order valence-corrected chi connectivity index (χ3v) is 3.36. The Bertz CT molecular complexity index is 760. The number of nitro benzene ring substituents is 1. The van der Waals surface area contributed by atoms with Crippen LogP contribution in [0, 0.1) is 10.1 Å². The van der Waals surface area contributed by atoms with E-state index in [9.17, 15) is 15.2 Å². The molecule has 2 aromatic rings. The van der Waals surface area contributed by atoms with Crippen molar-refractivity contribution in [1.29, 1.82) is 0 Å². The fourth-order valence-electron chi connectivity index (χ4n) is 2.17. The van der Waals surface area contributed by atoms with E-state index in [1.165, 1.54) is 39.5 Å². The zero-order valence-electron chi connectivity index (χ0n) is 13.5. The number of methoxy groups -OCH3 is 3. The van der Waals surface area contributed by atoms with E-state index in [2.05, 4.69) is 0 Å². The average Bonchev–Trinajstić information content (AvgIpc) is 2.59. The van der Waals surface area contributed by atoms with E-state index >= 15 is 0 Å². The van der Waals surface area contributed by atoms with Crippen LogP contribution in [0.5, 0.6) is 23.0 Å². The molecule has 2 rings (SSSR count). The predicted octanol–water partition coefficient (Wildman–Crippen LogP) is 3.50. The summed E-state index contributed by atoms with van der Waals surface area (Å²) in [6, 6.07) is 7.28. The molecule has 7 nitrogen and oxygen atoms in total. The van der Waals surface area contributed by atoms with E-state index in [4.69, 9.17) is 14.2 Å². The van der Waals surface area contributed by atoms with Crippen molar-refractivity contribution in [3.05, 3.63) is 51.6 Å². The Labute approximate surface area is 138 Å². The van der Waals surface area contributed by atoms with Crippen molar-refractivity contribution in [3.63, 3.8) is 0 Å². The molecule has 0 aliphatic carbocycles. The summed E-state index contributed by atoms with van der Waals surface area (Å²) in [6.07, 6.45) is 3.26. The summed E-state index contributed by atoms with van der Waals surface area (Å²) in [6.45, 7) is 0. The SMILES string of the molecule is COc1cc(/C=C/c2cc([N+](=O)[O-])ccc2O)cc(OC)c1OC. The van der Waals surface area contributed by atoms with Gasteiger partial charge in [-0.25, -0.2) is 0 Å². The molecule has 126 valence electrons. The van der Waals surface area contributed by atoms with Gasteiger partial charge >= 0.3 is 0 Å². The van der Waals surface area contributed by atoms with Crippen LogP contribution in [0.4, 0.5) is 5.69 Å². The second-order valence-corrected chi connectivity index (χ2v) is 4.79. The summed E-state index contributed by atoms with van der Waals surface area (Å²) in [5.41, 5.74) is 0.950. The van der Waals surface area contributed by atoms with Crippen LogP contribution in [-0.4, -0.2) is 31.4 Å². The highest BCUT2D eigenvalue weighted by Gasteiger charge is 2.12. The van der Waals surface area contributed by atoms with E-state index in [1.807, 2.05) is 0 Å². The summed E-state index contributed by atoms with van der Waals surface area (Å²) < 4.78 is 15.8. The molecule has 2 aromatic carbocycles. The molecular formula is C17H17NO6. The average molecular weight is 331 g/mol. The van der Waals surface area contributed by atoms with Crippen LogP contribution in [0.2, 0.25) is 0 Å². The lowest BCUT2D eigenvalue weighted by atomic mass is 10.1. The molecule has 24 heavy (non-hydrogen) atoms. The molecule has 0 aromatic heterocycles. The molecule has 0 unspecified atom stereocenters. The summed E-state index contributed by atoms with van der Waals surface area (Å²) >= 11 is 0. The number of nitro groups is 1. The first-order chi connectivity index (χ1) is 11.5. The lowest BCUT2D eigenvalue weighted by Crippen LogP contribution is -1.95. The van der Waals surface area contributed by atoms with E-state index in [0.717, 1.165) is 5.56 Å². The largest absolute Gasteiger partial charge is 0.507 e. The smallest absolute Gasteiger partial charge is 0.270 e. The first-order valence-electron chi connectivity index (χ1n) is 6.95. The van der Waals surface area contributed by atoms with Crippen LogP contribution < -0.4 is 14.2 Å². The van der Waals surface area contributed by atoms with Crippen LogP contribution in [0.3, 0.4) is 0 Å². The predicted molar refractivity (Wildman–Crippen MR) is 89.8 cm³/mol. The minimum Gasteiger partial charge on any atom is -0.507 e. The number of hydrogen-bond acceptors (Lipinski definition) is 6. The van der Waals surface area contributed by atoms with Gasteiger partial charge in [0.1, 0.15) is 5.75 Å². The Balaban J connectivity index is 2.42. The van der Waals surface area contributed by atoms with Crippen molar-refractivity contribution in [2.24, 2.45) is 0 Å². The third kappa shape index (κ3) is 3.57. The topological polar surface area (TPSA) is 91.1 Å². The number of rotatable bonds is 6. The fourth-order valence-corrected chi connectivity index (χ4v) is 2.17. The zero-order chi connectivity index (χ0) is 17.7. The van der Waals surface area contributed by atoms with Gasteiger partial charge in [0, 0.05) is 17.7 Å². The monoisotopic (exact) mass is 331 g/mol. The van der Waals surface area contributed by atoms with Gasteiger partial charge in [0.2, 0.25) is 5.75 Å². The molecule has 0 heterocycles. The van der Waals surface area contributed by atoms with Crippen LogP contribution in [0.1, 0.15) is 11.1 Å². The zero-order valence-corrected chi connectivity index (χ0v) is 13.5. The lowest BCUT2D eigenvalue weighted by molar-refractivity contribution is -0.384. The fraction of sp³-hybridized carbons (Fsp3) is 0.176. The summed E-state index contributed by atoms with van der Waals surface area (Å²) in [7, 11) is 4.53. The van der Waals surface area contributed by atoms with E-state index in [1.54, 1.807) is 24.3 Å². The second kappa shape index (κ2) is 7.36. The maximum atomic E-state index is 10.8. The molecule has 0 atom stereocenters. The molecule has 7 heteroatoms. The highest BCUT2D eigenvalue weighted by Crippen LogP contribution is 2.38. The molecule has 0 bridgehead atoms. The Hall–Kier alpha value is -3.22. The van der Waals surface area contributed by atoms with Crippen LogP contribution in [0.25, 0.3) is 12.2 Å². The van der Waals surface area contributed by atoms with Crippen LogP contribution in [0.15, 0.2) is 30.3 Å². The van der Waals surface area contributed by atoms with Gasteiger partial charge in [0.15, 0.2) is 11.5 Å². The summed E-state index contributed by atoms with van der Waals surface area (Å²) in [5.74, 6) is 1.39. The Morgan fingerprint density at radius 3 is 2.12 bits per heavy atom. The van der Waals surface area contributed by atoms with Gasteiger partial charge in [0.25, 0.3) is 5.69 Å². The van der Waals surface area contributed by atoms with E-state index in [-0.39, 0.29) is 11.4 Å². The maximum absolute atomic E-state index is 10.8. The first kappa shape index (κ1) is 17.1. The number of non-ortho nitro benzene ring substituents is 1. The van der Waals surface area contributed by atoms with Crippen molar-refractivity contribution in [3.8, 4) is 23.0 Å². The first-order valence-corrected chi connectivity index (χ1v) is 6.95. The number of ether oxygens (including phenoxy) is 3. The van der Waals surface area contributed by atoms with E-state index in [0.29, 0.717) is 22.8 Å². The highest BCUT2D eigenvalue weighted by molar-refractivity contribution is 5.75. The number of aromatic hydroxyl groups is 1. The van der Waals surface area contributed by atoms with Gasteiger partial charge in [-0.1, -0.05) is 12.2 Å². The second-order valence-electron chi connectivity index (χ2n) is 4.79. The maximum Gasteiger partial charge on any atom is 0.270 e. The number of phenolic OH excluding ortho intramolecular Hbond substituents is 1. The molecule has 0 saturated heterocycles. The van der Waals surface area contributed by atoms with Gasteiger partial charge in [-0.2, -0.15) is 0 Å². The number of benzene rings is 2. The van der Waals surface area contributed by atoms with Gasteiger partial charge in [-0.15, -0.1) is 0 Å². The van der Waals surface area contributed by atoms with Crippen molar-refractivity contribution in [2.75, 3.05) is 21.3 Å². The quantitative estimate of drug-likeness (QED) is 0.495. The highest BCUT2D eigenvalue weighted by atomic mass is 16.6. The molecular weight excluding hydrogens is 314 g/mol. The minimum absolute atomic E-state index is 0.0516. The summed E-state index contributed by atoms with van der Waals surface area (Å²) in [5, 5.41) is 20.7. The molecule has 1 N–H and O–H groups in total. The summed E-state index contributed by atoms with van der Waals surface area (Å²) in [4.78, 5) is 10.3. The minimum atomic E-state index is -0.518. The van der Waals surface area contributed by atoms with E-state index < -0.39 is 4.92 Å². The molecule has 0 amide bonds.